The van der Waals surface area contributed by atoms with Gasteiger partial charge in [0.15, 0.2) is 0 Å². The molecule has 0 bridgehead atoms. The van der Waals surface area contributed by atoms with Crippen molar-refractivity contribution in [1.82, 2.24) is 20.2 Å². The lowest BCUT2D eigenvalue weighted by Crippen LogP contribution is -2.06. The highest BCUT2D eigenvalue weighted by atomic mass is 35.5. The molecule has 0 saturated carbocycles. The molecule has 2 heterocycles. The van der Waals surface area contributed by atoms with Crippen LogP contribution in [0.1, 0.15) is 12.2 Å². The van der Waals surface area contributed by atoms with Gasteiger partial charge in [-0.05, 0) is 12.5 Å². The number of hydrogen-bond acceptors (Lipinski definition) is 5. The molecule has 4 N–H and O–H groups in total. The molecule has 17 heavy (non-hydrogen) atoms. The van der Waals surface area contributed by atoms with Gasteiger partial charge in [0.05, 0.1) is 16.9 Å². The summed E-state index contributed by atoms with van der Waals surface area (Å²) >= 11 is 5.97. The third kappa shape index (κ3) is 3.32. The van der Waals surface area contributed by atoms with Crippen LogP contribution in [-0.4, -0.2) is 26.7 Å². The van der Waals surface area contributed by atoms with Gasteiger partial charge in [0, 0.05) is 13.0 Å². The molecule has 6 nitrogen and oxygen atoms in total. The number of aryl methyl sites for hydroxylation is 1. The predicted octanol–water partition coefficient (Wildman–Crippen LogP) is 1.48. The zero-order valence-electron chi connectivity index (χ0n) is 9.15. The van der Waals surface area contributed by atoms with E-state index in [-0.39, 0.29) is 0 Å². The Kier molecular flexibility index (Phi) is 3.77. The quantitative estimate of drug-likeness (QED) is 0.701. The number of anilines is 2. The molecular weight excluding hydrogens is 240 g/mol. The Morgan fingerprint density at radius 3 is 3.00 bits per heavy atom. The highest BCUT2D eigenvalue weighted by molar-refractivity contribution is 6.33. The minimum absolute atomic E-state index is 0.532. The highest BCUT2D eigenvalue weighted by Crippen LogP contribution is 2.20. The number of pyridine rings is 1. The van der Waals surface area contributed by atoms with Crippen molar-refractivity contribution in [2.45, 2.75) is 12.8 Å². The fourth-order valence-electron chi connectivity index (χ4n) is 1.40. The lowest BCUT2D eigenvalue weighted by Gasteiger charge is -2.06. The van der Waals surface area contributed by atoms with Gasteiger partial charge in [-0.1, -0.05) is 11.6 Å². The first-order chi connectivity index (χ1) is 8.25. The Morgan fingerprint density at radius 2 is 2.29 bits per heavy atom. The molecule has 7 heteroatoms. The van der Waals surface area contributed by atoms with Crippen molar-refractivity contribution in [2.75, 3.05) is 17.6 Å². The molecule has 0 amide bonds. The number of halogens is 1. The first-order valence-corrected chi connectivity index (χ1v) is 5.62. The third-order valence-corrected chi connectivity index (χ3v) is 2.50. The summed E-state index contributed by atoms with van der Waals surface area (Å²) in [6.07, 6.45) is 4.82. The monoisotopic (exact) mass is 252 g/mol. The summed E-state index contributed by atoms with van der Waals surface area (Å²) in [7, 11) is 0. The summed E-state index contributed by atoms with van der Waals surface area (Å²) < 4.78 is 0. The van der Waals surface area contributed by atoms with Crippen LogP contribution in [0.25, 0.3) is 0 Å². The van der Waals surface area contributed by atoms with E-state index >= 15 is 0 Å². The molecular formula is C10H13ClN6. The van der Waals surface area contributed by atoms with Gasteiger partial charge in [0.2, 0.25) is 0 Å². The Morgan fingerprint density at radius 1 is 1.41 bits per heavy atom. The standard InChI is InChI=1S/C10H13ClN6/c11-8-4-7(12)5-14-10(8)13-3-1-2-9-15-6-16-17-9/h4-6H,1-3,12H2,(H,13,14)(H,15,16,17). The summed E-state index contributed by atoms with van der Waals surface area (Å²) in [6, 6.07) is 1.67. The molecule has 0 aliphatic heterocycles. The maximum Gasteiger partial charge on any atom is 0.144 e. The van der Waals surface area contributed by atoms with E-state index in [2.05, 4.69) is 25.5 Å². The Hall–Kier alpha value is -1.82. The van der Waals surface area contributed by atoms with Gasteiger partial charge in [0.1, 0.15) is 18.0 Å². The first-order valence-electron chi connectivity index (χ1n) is 5.25. The SMILES string of the molecule is Nc1cnc(NCCCc2ncn[nH]2)c(Cl)c1. The number of rotatable bonds is 5. The number of hydrogen-bond donors (Lipinski definition) is 3. The van der Waals surface area contributed by atoms with E-state index in [1.165, 1.54) is 6.33 Å². The molecule has 0 atom stereocenters. The zero-order chi connectivity index (χ0) is 12.1. The first kappa shape index (κ1) is 11.7. The van der Waals surface area contributed by atoms with Gasteiger partial charge in [-0.3, -0.25) is 5.10 Å². The molecule has 0 saturated heterocycles. The fraction of sp³-hybridized carbons (Fsp3) is 0.300. The van der Waals surface area contributed by atoms with E-state index < -0.39 is 0 Å². The number of H-pyrrole nitrogens is 1. The van der Waals surface area contributed by atoms with Crippen LogP contribution in [-0.2, 0) is 6.42 Å². The summed E-state index contributed by atoms with van der Waals surface area (Å²) in [5.74, 6) is 1.53. The van der Waals surface area contributed by atoms with Gasteiger partial charge >= 0.3 is 0 Å². The van der Waals surface area contributed by atoms with E-state index in [0.717, 1.165) is 25.2 Å². The number of aromatic nitrogens is 4. The van der Waals surface area contributed by atoms with Crippen LogP contribution in [0.4, 0.5) is 11.5 Å². The van der Waals surface area contributed by atoms with Crippen LogP contribution in [0.5, 0.6) is 0 Å². The van der Waals surface area contributed by atoms with Crippen LogP contribution in [0.3, 0.4) is 0 Å². The Bertz CT molecular complexity index is 470. The molecule has 0 unspecified atom stereocenters. The number of nitrogens with zero attached hydrogens (tertiary/aromatic N) is 3. The van der Waals surface area contributed by atoms with Crippen LogP contribution < -0.4 is 11.1 Å². The molecule has 0 aliphatic rings. The molecule has 0 radical (unpaired) electrons. The van der Waals surface area contributed by atoms with Crippen molar-refractivity contribution in [2.24, 2.45) is 0 Å². The molecule has 0 aliphatic carbocycles. The Labute approximate surface area is 104 Å². The van der Waals surface area contributed by atoms with Crippen molar-refractivity contribution < 1.29 is 0 Å². The third-order valence-electron chi connectivity index (χ3n) is 2.21. The fourth-order valence-corrected chi connectivity index (χ4v) is 1.64. The van der Waals surface area contributed by atoms with E-state index in [4.69, 9.17) is 17.3 Å². The number of nitrogens with two attached hydrogens (primary N) is 1. The Balaban J connectivity index is 1.78. The van der Waals surface area contributed by atoms with Gasteiger partial charge in [0.25, 0.3) is 0 Å². The topological polar surface area (TPSA) is 92.5 Å². The second kappa shape index (κ2) is 5.49. The number of nitrogen functional groups attached to an aromatic ring is 1. The summed E-state index contributed by atoms with van der Waals surface area (Å²) in [4.78, 5) is 8.15. The molecule has 2 rings (SSSR count). The average molecular weight is 253 g/mol. The van der Waals surface area contributed by atoms with Gasteiger partial charge in [-0.25, -0.2) is 9.97 Å². The maximum absolute atomic E-state index is 5.97. The molecule has 0 aromatic carbocycles. The lowest BCUT2D eigenvalue weighted by atomic mass is 10.3. The molecule has 90 valence electrons. The van der Waals surface area contributed by atoms with Crippen molar-refractivity contribution in [3.63, 3.8) is 0 Å². The van der Waals surface area contributed by atoms with Gasteiger partial charge < -0.3 is 11.1 Å². The van der Waals surface area contributed by atoms with Gasteiger partial charge in [-0.15, -0.1) is 0 Å². The second-order valence-corrected chi connectivity index (χ2v) is 3.97. The number of nitrogens with one attached hydrogen (secondary N) is 2. The molecule has 2 aromatic heterocycles. The van der Waals surface area contributed by atoms with Gasteiger partial charge in [-0.2, -0.15) is 5.10 Å². The van der Waals surface area contributed by atoms with Crippen molar-refractivity contribution in [3.8, 4) is 0 Å². The summed E-state index contributed by atoms with van der Waals surface area (Å²) in [5, 5.41) is 10.3. The van der Waals surface area contributed by atoms with Crippen LogP contribution in [0, 0.1) is 0 Å². The van der Waals surface area contributed by atoms with Crippen LogP contribution in [0.2, 0.25) is 5.02 Å². The van der Waals surface area contributed by atoms with E-state index in [1.807, 2.05) is 0 Å². The normalized spacial score (nSPS) is 10.4. The summed E-state index contributed by atoms with van der Waals surface area (Å²) in [5.41, 5.74) is 6.11. The van der Waals surface area contributed by atoms with Crippen LogP contribution in [0.15, 0.2) is 18.6 Å². The average Bonchev–Trinajstić information content (AvgIpc) is 2.79. The minimum atomic E-state index is 0.532. The van der Waals surface area contributed by atoms with E-state index in [9.17, 15) is 0 Å². The smallest absolute Gasteiger partial charge is 0.144 e. The van der Waals surface area contributed by atoms with E-state index in [0.29, 0.717) is 16.5 Å². The minimum Gasteiger partial charge on any atom is -0.397 e. The van der Waals surface area contributed by atoms with E-state index in [1.54, 1.807) is 12.3 Å². The largest absolute Gasteiger partial charge is 0.397 e. The lowest BCUT2D eigenvalue weighted by molar-refractivity contribution is 0.803. The molecule has 0 spiro atoms. The predicted molar refractivity (Wildman–Crippen MR) is 66.9 cm³/mol. The second-order valence-electron chi connectivity index (χ2n) is 3.56. The zero-order valence-corrected chi connectivity index (χ0v) is 9.91. The van der Waals surface area contributed by atoms with Crippen molar-refractivity contribution in [1.29, 1.82) is 0 Å². The molecule has 0 fully saturated rings. The highest BCUT2D eigenvalue weighted by Gasteiger charge is 2.01. The van der Waals surface area contributed by atoms with Crippen molar-refractivity contribution >= 4 is 23.1 Å². The molecule has 2 aromatic rings. The maximum atomic E-state index is 5.97. The van der Waals surface area contributed by atoms with Crippen LogP contribution >= 0.6 is 11.6 Å². The number of aromatic amines is 1. The summed E-state index contributed by atoms with van der Waals surface area (Å²) in [6.45, 7) is 0.761. The van der Waals surface area contributed by atoms with Crippen molar-refractivity contribution in [3.05, 3.63) is 29.4 Å².